The zero-order valence-electron chi connectivity index (χ0n) is 22.2. The number of morpholine rings is 1. The summed E-state index contributed by atoms with van der Waals surface area (Å²) in [5.41, 5.74) is 1.45. The molecule has 0 aromatic heterocycles. The number of carbonyl (C=O) groups excluding carboxylic acids is 2. The van der Waals surface area contributed by atoms with Crippen molar-refractivity contribution in [2.75, 3.05) is 39.5 Å². The van der Waals surface area contributed by atoms with Crippen LogP contribution >= 0.6 is 11.6 Å². The maximum absolute atomic E-state index is 13.6. The number of hydrogen-bond acceptors (Lipinski definition) is 6. The second kappa shape index (κ2) is 13.8. The minimum absolute atomic E-state index is 0.137. The summed E-state index contributed by atoms with van der Waals surface area (Å²) in [4.78, 5) is 28.5. The molecule has 3 aromatic rings. The molecule has 0 radical (unpaired) electrons. The van der Waals surface area contributed by atoms with Crippen molar-refractivity contribution in [3.63, 3.8) is 0 Å². The predicted molar refractivity (Wildman–Crippen MR) is 151 cm³/mol. The molecule has 1 saturated heterocycles. The number of hydrogen-bond donors (Lipinski definition) is 1. The quantitative estimate of drug-likeness (QED) is 0.368. The van der Waals surface area contributed by atoms with Gasteiger partial charge in [0.1, 0.15) is 11.8 Å². The van der Waals surface area contributed by atoms with Crippen LogP contribution in [-0.4, -0.2) is 68.9 Å². The fourth-order valence-electron chi connectivity index (χ4n) is 4.36. The lowest BCUT2D eigenvalue weighted by molar-refractivity contribution is -0.143. The molecule has 1 heterocycles. The molecule has 40 heavy (non-hydrogen) atoms. The normalized spacial score (nSPS) is 14.8. The second-order valence-electron chi connectivity index (χ2n) is 9.13. The van der Waals surface area contributed by atoms with Gasteiger partial charge in [-0.2, -0.15) is 4.31 Å². The van der Waals surface area contributed by atoms with Crippen LogP contribution in [-0.2, 0) is 30.9 Å². The van der Waals surface area contributed by atoms with Crippen molar-refractivity contribution < 1.29 is 27.5 Å². The minimum Gasteiger partial charge on any atom is -0.484 e. The van der Waals surface area contributed by atoms with Gasteiger partial charge in [0.05, 0.1) is 18.1 Å². The monoisotopic (exact) mass is 585 g/mol. The molecule has 0 saturated carbocycles. The molecule has 11 heteroatoms. The van der Waals surface area contributed by atoms with Gasteiger partial charge in [-0.3, -0.25) is 9.59 Å². The van der Waals surface area contributed by atoms with E-state index in [1.807, 2.05) is 25.1 Å². The number of rotatable bonds is 11. The summed E-state index contributed by atoms with van der Waals surface area (Å²) in [6, 6.07) is 21.2. The average molecular weight is 586 g/mol. The van der Waals surface area contributed by atoms with Crippen LogP contribution in [0.5, 0.6) is 5.75 Å². The molecular formula is C29H32ClN3O6S. The first-order valence-electron chi connectivity index (χ1n) is 13.0. The molecule has 1 unspecified atom stereocenters. The second-order valence-corrected chi connectivity index (χ2v) is 11.5. The highest BCUT2D eigenvalue weighted by molar-refractivity contribution is 7.89. The first-order valence-corrected chi connectivity index (χ1v) is 14.8. The highest BCUT2D eigenvalue weighted by Gasteiger charge is 2.32. The SMILES string of the molecule is CCNC(=O)C(c1ccccc1)N(Cc1ccc(Cl)cc1)C(=O)COc1ccc(S(=O)(=O)N2CCOCC2)cc1. The Morgan fingerprint density at radius 3 is 2.27 bits per heavy atom. The molecule has 2 amide bonds. The van der Waals surface area contributed by atoms with E-state index in [0.29, 0.717) is 49.2 Å². The summed E-state index contributed by atoms with van der Waals surface area (Å²) in [6.45, 7) is 3.32. The van der Waals surface area contributed by atoms with Crippen LogP contribution in [0, 0.1) is 0 Å². The Bertz CT molecular complexity index is 1380. The third-order valence-electron chi connectivity index (χ3n) is 6.41. The molecule has 1 aliphatic rings. The fourth-order valence-corrected chi connectivity index (χ4v) is 5.89. The predicted octanol–water partition coefficient (Wildman–Crippen LogP) is 3.65. The summed E-state index contributed by atoms with van der Waals surface area (Å²) >= 11 is 6.05. The van der Waals surface area contributed by atoms with Crippen LogP contribution in [0.4, 0.5) is 0 Å². The molecule has 0 bridgehead atoms. The van der Waals surface area contributed by atoms with Gasteiger partial charge in [0.2, 0.25) is 15.9 Å². The molecule has 0 aliphatic carbocycles. The van der Waals surface area contributed by atoms with E-state index in [4.69, 9.17) is 21.1 Å². The Morgan fingerprint density at radius 1 is 1.00 bits per heavy atom. The summed E-state index contributed by atoms with van der Waals surface area (Å²) in [7, 11) is -3.65. The van der Waals surface area contributed by atoms with Crippen LogP contribution in [0.25, 0.3) is 0 Å². The fraction of sp³-hybridized carbons (Fsp3) is 0.310. The van der Waals surface area contributed by atoms with Crippen molar-refractivity contribution in [3.8, 4) is 5.75 Å². The Balaban J connectivity index is 1.54. The standard InChI is InChI=1S/C29H32ClN3O6S/c1-2-31-29(35)28(23-6-4-3-5-7-23)33(20-22-8-10-24(30)11-9-22)27(34)21-39-25-12-14-26(15-13-25)40(36,37)32-16-18-38-19-17-32/h3-15,28H,2,16-21H2,1H3,(H,31,35). The van der Waals surface area contributed by atoms with E-state index < -0.39 is 22.0 Å². The molecule has 0 spiro atoms. The summed E-state index contributed by atoms with van der Waals surface area (Å²) < 4.78 is 38.2. The van der Waals surface area contributed by atoms with Crippen LogP contribution in [0.2, 0.25) is 5.02 Å². The number of ether oxygens (including phenoxy) is 2. The zero-order chi connectivity index (χ0) is 28.5. The van der Waals surface area contributed by atoms with Crippen molar-refractivity contribution in [3.05, 3.63) is 95.0 Å². The molecule has 3 aromatic carbocycles. The Labute approximate surface area is 239 Å². The maximum atomic E-state index is 13.6. The summed E-state index contributed by atoms with van der Waals surface area (Å²) in [5.74, 6) is -0.399. The molecular weight excluding hydrogens is 554 g/mol. The Kier molecular flexibility index (Phi) is 10.2. The van der Waals surface area contributed by atoms with Gasteiger partial charge in [0, 0.05) is 31.2 Å². The lowest BCUT2D eigenvalue weighted by Gasteiger charge is -2.31. The van der Waals surface area contributed by atoms with E-state index in [-0.39, 0.29) is 24.0 Å². The Hall–Kier alpha value is -3.44. The van der Waals surface area contributed by atoms with Crippen LogP contribution in [0.3, 0.4) is 0 Å². The van der Waals surface area contributed by atoms with E-state index in [0.717, 1.165) is 5.56 Å². The molecule has 1 aliphatic heterocycles. The third-order valence-corrected chi connectivity index (χ3v) is 8.57. The van der Waals surface area contributed by atoms with E-state index in [9.17, 15) is 18.0 Å². The molecule has 9 nitrogen and oxygen atoms in total. The van der Waals surface area contributed by atoms with Gasteiger partial charge in [-0.1, -0.05) is 54.1 Å². The first kappa shape index (κ1) is 29.5. The van der Waals surface area contributed by atoms with Crippen LogP contribution < -0.4 is 10.1 Å². The highest BCUT2D eigenvalue weighted by atomic mass is 35.5. The van der Waals surface area contributed by atoms with Crippen molar-refractivity contribution >= 4 is 33.4 Å². The first-order chi connectivity index (χ1) is 19.3. The van der Waals surface area contributed by atoms with E-state index in [1.165, 1.54) is 33.5 Å². The van der Waals surface area contributed by atoms with Gasteiger partial charge < -0.3 is 19.7 Å². The number of nitrogens with one attached hydrogen (secondary N) is 1. The van der Waals surface area contributed by atoms with Crippen molar-refractivity contribution in [2.45, 2.75) is 24.4 Å². The number of carbonyl (C=O) groups is 2. The summed E-state index contributed by atoms with van der Waals surface area (Å²) in [6.07, 6.45) is 0. The number of sulfonamides is 1. The highest BCUT2D eigenvalue weighted by Crippen LogP contribution is 2.25. The number of halogens is 1. The van der Waals surface area contributed by atoms with Gasteiger partial charge in [-0.05, 0) is 54.4 Å². The molecule has 4 rings (SSSR count). The topological polar surface area (TPSA) is 105 Å². The average Bonchev–Trinajstić information content (AvgIpc) is 2.98. The van der Waals surface area contributed by atoms with Crippen LogP contribution in [0.15, 0.2) is 83.8 Å². The molecule has 1 fully saturated rings. The van der Waals surface area contributed by atoms with Crippen LogP contribution in [0.1, 0.15) is 24.1 Å². The zero-order valence-corrected chi connectivity index (χ0v) is 23.7. The molecule has 1 N–H and O–H groups in total. The molecule has 212 valence electrons. The lowest BCUT2D eigenvalue weighted by atomic mass is 10.0. The van der Waals surface area contributed by atoms with Crippen molar-refractivity contribution in [1.29, 1.82) is 0 Å². The number of benzene rings is 3. The van der Waals surface area contributed by atoms with Gasteiger partial charge in [0.15, 0.2) is 6.61 Å². The minimum atomic E-state index is -3.65. The van der Waals surface area contributed by atoms with E-state index in [1.54, 1.807) is 36.4 Å². The van der Waals surface area contributed by atoms with E-state index >= 15 is 0 Å². The largest absolute Gasteiger partial charge is 0.484 e. The van der Waals surface area contributed by atoms with Gasteiger partial charge in [-0.15, -0.1) is 0 Å². The van der Waals surface area contributed by atoms with E-state index in [2.05, 4.69) is 5.32 Å². The third kappa shape index (κ3) is 7.39. The summed E-state index contributed by atoms with van der Waals surface area (Å²) in [5, 5.41) is 3.39. The van der Waals surface area contributed by atoms with Gasteiger partial charge >= 0.3 is 0 Å². The number of amides is 2. The maximum Gasteiger partial charge on any atom is 0.261 e. The number of nitrogens with zero attached hydrogens (tertiary/aromatic N) is 2. The van der Waals surface area contributed by atoms with Gasteiger partial charge in [-0.25, -0.2) is 8.42 Å². The smallest absolute Gasteiger partial charge is 0.261 e. The van der Waals surface area contributed by atoms with Crippen molar-refractivity contribution in [1.82, 2.24) is 14.5 Å². The number of likely N-dealkylation sites (N-methyl/N-ethyl adjacent to an activating group) is 1. The van der Waals surface area contributed by atoms with Gasteiger partial charge in [0.25, 0.3) is 5.91 Å². The van der Waals surface area contributed by atoms with Crippen molar-refractivity contribution in [2.24, 2.45) is 0 Å². The molecule has 1 atom stereocenters. The Morgan fingerprint density at radius 2 is 1.65 bits per heavy atom. The lowest BCUT2D eigenvalue weighted by Crippen LogP contribution is -2.45.